The molecule has 1 unspecified atom stereocenters. The SMILES string of the molecule is Cc1cccc(C)c1CC(O)CSC(C)C. The highest BCUT2D eigenvalue weighted by Crippen LogP contribution is 2.18. The summed E-state index contributed by atoms with van der Waals surface area (Å²) >= 11 is 1.82. The average molecular weight is 238 g/mol. The quantitative estimate of drug-likeness (QED) is 0.849. The lowest BCUT2D eigenvalue weighted by molar-refractivity contribution is 0.199. The monoisotopic (exact) mass is 238 g/mol. The molecule has 0 heterocycles. The molecule has 1 atom stereocenters. The van der Waals surface area contributed by atoms with Crippen LogP contribution in [0.4, 0.5) is 0 Å². The molecule has 1 aromatic carbocycles. The van der Waals surface area contributed by atoms with E-state index in [0.717, 1.165) is 12.2 Å². The smallest absolute Gasteiger partial charge is 0.0671 e. The second-order valence-electron chi connectivity index (χ2n) is 4.61. The van der Waals surface area contributed by atoms with Crippen LogP contribution in [0.5, 0.6) is 0 Å². The van der Waals surface area contributed by atoms with Gasteiger partial charge in [0.1, 0.15) is 0 Å². The maximum atomic E-state index is 9.98. The van der Waals surface area contributed by atoms with Crippen LogP contribution in [-0.2, 0) is 6.42 Å². The van der Waals surface area contributed by atoms with Crippen LogP contribution in [0.3, 0.4) is 0 Å². The molecule has 1 aromatic rings. The topological polar surface area (TPSA) is 20.2 Å². The number of aryl methyl sites for hydroxylation is 2. The summed E-state index contributed by atoms with van der Waals surface area (Å²) < 4.78 is 0. The van der Waals surface area contributed by atoms with Crippen LogP contribution in [0.25, 0.3) is 0 Å². The second kappa shape index (κ2) is 6.31. The zero-order chi connectivity index (χ0) is 12.1. The molecule has 2 heteroatoms. The first-order valence-electron chi connectivity index (χ1n) is 5.85. The van der Waals surface area contributed by atoms with E-state index < -0.39 is 0 Å². The van der Waals surface area contributed by atoms with Crippen molar-refractivity contribution in [3.05, 3.63) is 34.9 Å². The molecule has 0 amide bonds. The van der Waals surface area contributed by atoms with Gasteiger partial charge in [0.05, 0.1) is 6.10 Å². The molecule has 0 spiro atoms. The zero-order valence-electron chi connectivity index (χ0n) is 10.7. The van der Waals surface area contributed by atoms with Gasteiger partial charge in [0.2, 0.25) is 0 Å². The molecule has 0 saturated carbocycles. The van der Waals surface area contributed by atoms with Crippen molar-refractivity contribution in [2.24, 2.45) is 0 Å². The van der Waals surface area contributed by atoms with Crippen LogP contribution in [0, 0.1) is 13.8 Å². The fraction of sp³-hybridized carbons (Fsp3) is 0.571. The molecule has 1 rings (SSSR count). The summed E-state index contributed by atoms with van der Waals surface area (Å²) in [5, 5.41) is 10.6. The highest BCUT2D eigenvalue weighted by atomic mass is 32.2. The van der Waals surface area contributed by atoms with Crippen LogP contribution in [0.1, 0.15) is 30.5 Å². The number of aliphatic hydroxyl groups is 1. The zero-order valence-corrected chi connectivity index (χ0v) is 11.5. The van der Waals surface area contributed by atoms with Crippen molar-refractivity contribution >= 4 is 11.8 Å². The summed E-state index contributed by atoms with van der Waals surface area (Å²) in [6.45, 7) is 8.56. The lowest BCUT2D eigenvalue weighted by Crippen LogP contribution is -2.16. The third-order valence-corrected chi connectivity index (χ3v) is 3.95. The Kier molecular flexibility index (Phi) is 5.36. The van der Waals surface area contributed by atoms with Gasteiger partial charge in [0.15, 0.2) is 0 Å². The molecule has 90 valence electrons. The van der Waals surface area contributed by atoms with Gasteiger partial charge in [0.25, 0.3) is 0 Å². The predicted molar refractivity (Wildman–Crippen MR) is 73.2 cm³/mol. The standard InChI is InChI=1S/C14H22OS/c1-10(2)16-9-13(15)8-14-11(3)6-5-7-12(14)4/h5-7,10,13,15H,8-9H2,1-4H3. The van der Waals surface area contributed by atoms with Gasteiger partial charge >= 0.3 is 0 Å². The molecule has 0 bridgehead atoms. The number of hydrogen-bond donors (Lipinski definition) is 1. The molecule has 0 aromatic heterocycles. The molecule has 0 aliphatic heterocycles. The molecule has 16 heavy (non-hydrogen) atoms. The predicted octanol–water partition coefficient (Wildman–Crippen LogP) is 3.35. The Balaban J connectivity index is 2.59. The van der Waals surface area contributed by atoms with Crippen molar-refractivity contribution < 1.29 is 5.11 Å². The minimum absolute atomic E-state index is 0.229. The van der Waals surface area contributed by atoms with Gasteiger partial charge in [-0.2, -0.15) is 11.8 Å². The van der Waals surface area contributed by atoms with Gasteiger partial charge in [-0.05, 0) is 42.2 Å². The van der Waals surface area contributed by atoms with Gasteiger partial charge < -0.3 is 5.11 Å². The maximum Gasteiger partial charge on any atom is 0.0671 e. The van der Waals surface area contributed by atoms with E-state index >= 15 is 0 Å². The van der Waals surface area contributed by atoms with E-state index in [1.165, 1.54) is 16.7 Å². The fourth-order valence-electron chi connectivity index (χ4n) is 1.77. The molecule has 0 radical (unpaired) electrons. The molecule has 0 fully saturated rings. The number of aliphatic hydroxyl groups excluding tert-OH is 1. The normalized spacial score (nSPS) is 13.1. The van der Waals surface area contributed by atoms with E-state index in [1.54, 1.807) is 0 Å². The molecule has 1 N–H and O–H groups in total. The Labute approximate surface area is 103 Å². The molecule has 0 saturated heterocycles. The van der Waals surface area contributed by atoms with E-state index in [1.807, 2.05) is 11.8 Å². The van der Waals surface area contributed by atoms with Crippen LogP contribution in [0.15, 0.2) is 18.2 Å². The second-order valence-corrected chi connectivity index (χ2v) is 6.22. The molecule has 0 aliphatic rings. The summed E-state index contributed by atoms with van der Waals surface area (Å²) in [5.74, 6) is 0.825. The van der Waals surface area contributed by atoms with Crippen molar-refractivity contribution in [2.45, 2.75) is 45.5 Å². The van der Waals surface area contributed by atoms with E-state index in [4.69, 9.17) is 0 Å². The summed E-state index contributed by atoms with van der Waals surface area (Å²) in [6, 6.07) is 6.30. The molecule has 1 nitrogen and oxygen atoms in total. The first-order valence-corrected chi connectivity index (χ1v) is 6.90. The number of benzene rings is 1. The Hall–Kier alpha value is -0.470. The molecule has 0 aliphatic carbocycles. The van der Waals surface area contributed by atoms with Gasteiger partial charge in [-0.3, -0.25) is 0 Å². The number of hydrogen-bond acceptors (Lipinski definition) is 2. The third kappa shape index (κ3) is 4.18. The van der Waals surface area contributed by atoms with Crippen molar-refractivity contribution in [3.8, 4) is 0 Å². The van der Waals surface area contributed by atoms with Crippen molar-refractivity contribution in [1.29, 1.82) is 0 Å². The number of thioether (sulfide) groups is 1. The van der Waals surface area contributed by atoms with Crippen LogP contribution in [0.2, 0.25) is 0 Å². The first kappa shape index (κ1) is 13.6. The van der Waals surface area contributed by atoms with Gasteiger partial charge in [-0.15, -0.1) is 0 Å². The minimum atomic E-state index is -0.229. The van der Waals surface area contributed by atoms with Crippen LogP contribution in [-0.4, -0.2) is 22.2 Å². The summed E-state index contributed by atoms with van der Waals surface area (Å²) in [6.07, 6.45) is 0.547. The first-order chi connectivity index (χ1) is 7.50. The lowest BCUT2D eigenvalue weighted by atomic mass is 9.98. The highest BCUT2D eigenvalue weighted by Gasteiger charge is 2.10. The van der Waals surface area contributed by atoms with Gasteiger partial charge in [0, 0.05) is 5.75 Å². The van der Waals surface area contributed by atoms with E-state index in [-0.39, 0.29) is 6.10 Å². The van der Waals surface area contributed by atoms with Gasteiger partial charge in [-0.1, -0.05) is 32.0 Å². The molecular weight excluding hydrogens is 216 g/mol. The number of rotatable bonds is 5. The third-order valence-electron chi connectivity index (χ3n) is 2.71. The van der Waals surface area contributed by atoms with Crippen LogP contribution >= 0.6 is 11.8 Å². The van der Waals surface area contributed by atoms with Crippen molar-refractivity contribution in [3.63, 3.8) is 0 Å². The van der Waals surface area contributed by atoms with Crippen molar-refractivity contribution in [2.75, 3.05) is 5.75 Å². The highest BCUT2D eigenvalue weighted by molar-refractivity contribution is 7.99. The Morgan fingerprint density at radius 2 is 1.75 bits per heavy atom. The Morgan fingerprint density at radius 1 is 1.19 bits per heavy atom. The summed E-state index contributed by atoms with van der Waals surface area (Å²) in [5.41, 5.74) is 3.88. The maximum absolute atomic E-state index is 9.98. The fourth-order valence-corrected chi connectivity index (χ4v) is 2.49. The van der Waals surface area contributed by atoms with Gasteiger partial charge in [-0.25, -0.2) is 0 Å². The van der Waals surface area contributed by atoms with Crippen molar-refractivity contribution in [1.82, 2.24) is 0 Å². The summed E-state index contributed by atoms with van der Waals surface area (Å²) in [7, 11) is 0. The summed E-state index contributed by atoms with van der Waals surface area (Å²) in [4.78, 5) is 0. The lowest BCUT2D eigenvalue weighted by Gasteiger charge is -2.15. The Morgan fingerprint density at radius 3 is 2.25 bits per heavy atom. The van der Waals surface area contributed by atoms with E-state index in [2.05, 4.69) is 45.9 Å². The van der Waals surface area contributed by atoms with E-state index in [0.29, 0.717) is 5.25 Å². The van der Waals surface area contributed by atoms with E-state index in [9.17, 15) is 5.11 Å². The average Bonchev–Trinajstić information content (AvgIpc) is 2.21. The largest absolute Gasteiger partial charge is 0.392 e. The molecular formula is C14H22OS. The minimum Gasteiger partial charge on any atom is -0.392 e. The van der Waals surface area contributed by atoms with Crippen LogP contribution < -0.4 is 0 Å². The Bertz CT molecular complexity index is 313.